The van der Waals surface area contributed by atoms with E-state index in [0.29, 0.717) is 35.6 Å². The predicted molar refractivity (Wildman–Crippen MR) is 144 cm³/mol. The lowest BCUT2D eigenvalue weighted by Gasteiger charge is -2.10. The zero-order valence-electron chi connectivity index (χ0n) is 19.6. The average molecular weight is 511 g/mol. The molecule has 2 heterocycles. The van der Waals surface area contributed by atoms with E-state index in [4.69, 9.17) is 5.73 Å². The maximum atomic E-state index is 12.9. The Morgan fingerprint density at radius 2 is 1.78 bits per heavy atom. The number of nitro benzene ring substituents is 1. The van der Waals surface area contributed by atoms with E-state index in [1.807, 2.05) is 48.0 Å². The van der Waals surface area contributed by atoms with Gasteiger partial charge in [-0.05, 0) is 53.3 Å². The van der Waals surface area contributed by atoms with Crippen LogP contribution in [-0.2, 0) is 13.0 Å². The van der Waals surface area contributed by atoms with E-state index in [1.165, 1.54) is 12.1 Å². The lowest BCUT2D eigenvalue weighted by atomic mass is 10.1. The van der Waals surface area contributed by atoms with Crippen LogP contribution >= 0.6 is 11.3 Å². The van der Waals surface area contributed by atoms with Gasteiger partial charge in [-0.3, -0.25) is 19.6 Å². The van der Waals surface area contributed by atoms with Crippen molar-refractivity contribution in [3.05, 3.63) is 112 Å². The number of thiophene rings is 1. The molecule has 0 atom stereocenters. The second-order valence-electron chi connectivity index (χ2n) is 8.35. The molecule has 0 aliphatic rings. The number of carbonyl (C=O) groups excluding carboxylic acids is 1. The first-order valence-electron chi connectivity index (χ1n) is 11.4. The minimum atomic E-state index is -0.415. The Hall–Kier alpha value is -4.83. The highest BCUT2D eigenvalue weighted by molar-refractivity contribution is 7.13. The molecule has 0 saturated carbocycles. The third-order valence-electron chi connectivity index (χ3n) is 5.87. The van der Waals surface area contributed by atoms with Gasteiger partial charge in [-0.25, -0.2) is 0 Å². The summed E-state index contributed by atoms with van der Waals surface area (Å²) < 4.78 is 1.72. The molecular weight excluding hydrogens is 488 g/mol. The zero-order valence-corrected chi connectivity index (χ0v) is 20.4. The Morgan fingerprint density at radius 1 is 1.03 bits per heavy atom. The second kappa shape index (κ2) is 10.4. The fourth-order valence-electron chi connectivity index (χ4n) is 3.82. The number of anilines is 2. The summed E-state index contributed by atoms with van der Waals surface area (Å²) in [7, 11) is 0. The molecule has 5 aromatic rings. The number of nitro groups is 1. The minimum absolute atomic E-state index is 0.0688. The summed E-state index contributed by atoms with van der Waals surface area (Å²) in [6.45, 7) is 0.581. The number of nitrogens with one attached hydrogen (secondary N) is 1. The van der Waals surface area contributed by atoms with E-state index in [9.17, 15) is 14.9 Å². The lowest BCUT2D eigenvalue weighted by Crippen LogP contribution is -2.13. The molecule has 0 aliphatic carbocycles. The molecule has 5 rings (SSSR count). The number of rotatable bonds is 8. The normalized spacial score (nSPS) is 10.8. The highest BCUT2D eigenvalue weighted by Gasteiger charge is 2.12. The highest BCUT2D eigenvalue weighted by Crippen LogP contribution is 2.30. The largest absolute Gasteiger partial charge is 0.397 e. The average Bonchev–Trinajstić information content (AvgIpc) is 3.62. The van der Waals surface area contributed by atoms with Crippen molar-refractivity contribution in [3.63, 3.8) is 0 Å². The summed E-state index contributed by atoms with van der Waals surface area (Å²) in [6.07, 6.45) is 2.49. The third kappa shape index (κ3) is 5.54. The topological polar surface area (TPSA) is 129 Å². The molecule has 184 valence electrons. The minimum Gasteiger partial charge on any atom is -0.397 e. The molecule has 0 radical (unpaired) electrons. The highest BCUT2D eigenvalue weighted by atomic mass is 32.1. The fourth-order valence-corrected chi connectivity index (χ4v) is 4.54. The summed E-state index contributed by atoms with van der Waals surface area (Å²) in [5.41, 5.74) is 11.2. The maximum Gasteiger partial charge on any atom is 0.269 e. The van der Waals surface area contributed by atoms with Gasteiger partial charge in [-0.15, -0.1) is 16.4 Å². The number of benzene rings is 3. The molecule has 37 heavy (non-hydrogen) atoms. The van der Waals surface area contributed by atoms with Gasteiger partial charge in [0.1, 0.15) is 5.69 Å². The molecule has 0 bridgehead atoms. The molecule has 0 aliphatic heterocycles. The van der Waals surface area contributed by atoms with Gasteiger partial charge in [0.2, 0.25) is 0 Å². The Morgan fingerprint density at radius 3 is 2.49 bits per heavy atom. The summed E-state index contributed by atoms with van der Waals surface area (Å²) in [5.74, 6) is -0.256. The van der Waals surface area contributed by atoms with E-state index in [2.05, 4.69) is 15.6 Å². The number of hydrogen-bond acceptors (Lipinski definition) is 7. The van der Waals surface area contributed by atoms with E-state index in [1.54, 1.807) is 46.4 Å². The molecular formula is C27H22N6O3S. The van der Waals surface area contributed by atoms with Gasteiger partial charge in [0.25, 0.3) is 11.6 Å². The van der Waals surface area contributed by atoms with Crippen molar-refractivity contribution in [2.24, 2.45) is 0 Å². The van der Waals surface area contributed by atoms with Crippen molar-refractivity contribution in [1.29, 1.82) is 0 Å². The molecule has 0 fully saturated rings. The number of aryl methyl sites for hydroxylation is 2. The number of nitrogens with two attached hydrogens (primary N) is 1. The number of non-ortho nitro benzene ring substituents is 1. The second-order valence-corrected chi connectivity index (χ2v) is 9.30. The molecule has 0 unspecified atom stereocenters. The van der Waals surface area contributed by atoms with Gasteiger partial charge in [-0.2, -0.15) is 0 Å². The summed E-state index contributed by atoms with van der Waals surface area (Å²) in [5, 5.41) is 24.1. The lowest BCUT2D eigenvalue weighted by molar-refractivity contribution is -0.384. The zero-order chi connectivity index (χ0) is 25.8. The van der Waals surface area contributed by atoms with Gasteiger partial charge in [-0.1, -0.05) is 41.6 Å². The van der Waals surface area contributed by atoms with E-state index in [0.717, 1.165) is 21.6 Å². The molecule has 3 N–H and O–H groups in total. The molecule has 3 aromatic carbocycles. The number of amides is 1. The van der Waals surface area contributed by atoms with Gasteiger partial charge in [0.05, 0.1) is 22.5 Å². The number of nitrogen functional groups attached to an aromatic ring is 1. The van der Waals surface area contributed by atoms with Crippen LogP contribution in [0.15, 0.2) is 90.4 Å². The summed E-state index contributed by atoms with van der Waals surface area (Å²) in [6, 6.07) is 23.2. The summed E-state index contributed by atoms with van der Waals surface area (Å²) >= 11 is 1.62. The Bertz CT molecular complexity index is 1540. The Kier molecular flexibility index (Phi) is 6.73. The predicted octanol–water partition coefficient (Wildman–Crippen LogP) is 5.66. The van der Waals surface area contributed by atoms with E-state index >= 15 is 0 Å². The van der Waals surface area contributed by atoms with Crippen LogP contribution < -0.4 is 11.1 Å². The van der Waals surface area contributed by atoms with Crippen LogP contribution in [0.1, 0.15) is 15.9 Å². The maximum absolute atomic E-state index is 12.9. The first-order chi connectivity index (χ1) is 18.0. The van der Waals surface area contributed by atoms with E-state index < -0.39 is 4.92 Å². The van der Waals surface area contributed by atoms with Gasteiger partial charge in [0.15, 0.2) is 0 Å². The van der Waals surface area contributed by atoms with Crippen molar-refractivity contribution in [3.8, 4) is 21.7 Å². The third-order valence-corrected chi connectivity index (χ3v) is 6.78. The standard InChI is InChI=1S/C27H22N6O3S/c28-23-12-9-21(26-2-1-15-37-26)16-24(23)29-27(34)20-7-5-19(6-8-20)25-17-32(31-30-25)14-13-18-3-10-22(11-4-18)33(35)36/h1-12,15-17H,13-14,28H2,(H,29,34). The van der Waals surface area contributed by atoms with Crippen LogP contribution in [0.25, 0.3) is 21.7 Å². The van der Waals surface area contributed by atoms with Crippen molar-refractivity contribution in [2.75, 3.05) is 11.1 Å². The molecule has 2 aromatic heterocycles. The number of aromatic nitrogens is 3. The van der Waals surface area contributed by atoms with Crippen LogP contribution in [0.2, 0.25) is 0 Å². The quantitative estimate of drug-likeness (QED) is 0.157. The molecule has 10 heteroatoms. The Labute approximate surface area is 216 Å². The summed E-state index contributed by atoms with van der Waals surface area (Å²) in [4.78, 5) is 24.3. The van der Waals surface area contributed by atoms with Crippen LogP contribution in [0, 0.1) is 10.1 Å². The van der Waals surface area contributed by atoms with E-state index in [-0.39, 0.29) is 11.6 Å². The molecule has 0 saturated heterocycles. The van der Waals surface area contributed by atoms with Crippen LogP contribution in [0.4, 0.5) is 17.1 Å². The molecule has 9 nitrogen and oxygen atoms in total. The van der Waals surface area contributed by atoms with Crippen LogP contribution in [-0.4, -0.2) is 25.8 Å². The number of nitrogens with zero attached hydrogens (tertiary/aromatic N) is 4. The van der Waals surface area contributed by atoms with Crippen LogP contribution in [0.5, 0.6) is 0 Å². The van der Waals surface area contributed by atoms with Crippen molar-refractivity contribution in [1.82, 2.24) is 15.0 Å². The Balaban J connectivity index is 1.22. The van der Waals surface area contributed by atoms with Gasteiger partial charge in [0, 0.05) is 34.7 Å². The molecule has 0 spiro atoms. The monoisotopic (exact) mass is 510 g/mol. The number of hydrogen-bond donors (Lipinski definition) is 2. The number of carbonyl (C=O) groups is 1. The van der Waals surface area contributed by atoms with Gasteiger partial charge >= 0.3 is 0 Å². The van der Waals surface area contributed by atoms with Crippen LogP contribution in [0.3, 0.4) is 0 Å². The fraction of sp³-hybridized carbons (Fsp3) is 0.0741. The SMILES string of the molecule is Nc1ccc(-c2cccs2)cc1NC(=O)c1ccc(-c2cn(CCc3ccc([N+](=O)[O-])cc3)nn2)cc1. The first kappa shape index (κ1) is 23.9. The van der Waals surface area contributed by atoms with Crippen molar-refractivity contribution in [2.45, 2.75) is 13.0 Å². The molecule has 1 amide bonds. The first-order valence-corrected chi connectivity index (χ1v) is 12.3. The smallest absolute Gasteiger partial charge is 0.269 e. The van der Waals surface area contributed by atoms with Crippen molar-refractivity contribution >= 4 is 34.3 Å². The van der Waals surface area contributed by atoms with Crippen molar-refractivity contribution < 1.29 is 9.72 Å². The van der Waals surface area contributed by atoms with Gasteiger partial charge < -0.3 is 11.1 Å².